The van der Waals surface area contributed by atoms with E-state index in [-0.39, 0.29) is 13.2 Å². The average Bonchev–Trinajstić information content (AvgIpc) is 3.02. The first-order valence-corrected chi connectivity index (χ1v) is 8.68. The number of rotatable bonds is 8. The number of para-hydroxylation sites is 2. The molecule has 0 spiro atoms. The number of nitrogens with one attached hydrogen (secondary N) is 3. The summed E-state index contributed by atoms with van der Waals surface area (Å²) in [5.41, 5.74) is 4.76. The number of furan rings is 1. The van der Waals surface area contributed by atoms with Crippen molar-refractivity contribution >= 4 is 17.7 Å². The van der Waals surface area contributed by atoms with Gasteiger partial charge in [0, 0.05) is 0 Å². The summed E-state index contributed by atoms with van der Waals surface area (Å²) < 4.78 is 16.0. The molecule has 0 atom stereocenters. The van der Waals surface area contributed by atoms with Crippen molar-refractivity contribution in [2.24, 2.45) is 0 Å². The van der Waals surface area contributed by atoms with Gasteiger partial charge >= 0.3 is 0 Å². The zero-order chi connectivity index (χ0) is 20.5. The third-order valence-electron chi connectivity index (χ3n) is 3.54. The van der Waals surface area contributed by atoms with Crippen LogP contribution in [0.3, 0.4) is 0 Å². The molecule has 0 unspecified atom stereocenters. The van der Waals surface area contributed by atoms with Crippen LogP contribution in [0, 0.1) is 13.8 Å². The summed E-state index contributed by atoms with van der Waals surface area (Å²) in [5.74, 6) is 0.421. The lowest BCUT2D eigenvalue weighted by molar-refractivity contribution is -0.129. The fourth-order valence-electron chi connectivity index (χ4n) is 2.32. The molecule has 0 bridgehead atoms. The Balaban J connectivity index is 1.71. The summed E-state index contributed by atoms with van der Waals surface area (Å²) in [5, 5.41) is 2.45. The molecule has 0 fully saturated rings. The lowest BCUT2D eigenvalue weighted by Crippen LogP contribution is -2.47. The van der Waals surface area contributed by atoms with Crippen molar-refractivity contribution < 1.29 is 28.3 Å². The molecule has 150 valence electrons. The van der Waals surface area contributed by atoms with Crippen molar-refractivity contribution in [2.45, 2.75) is 20.8 Å². The topological polar surface area (TPSA) is 119 Å². The van der Waals surface area contributed by atoms with E-state index in [9.17, 15) is 14.4 Å². The maximum Gasteiger partial charge on any atom is 0.276 e. The lowest BCUT2D eigenvalue weighted by atomic mass is 10.2. The van der Waals surface area contributed by atoms with Crippen molar-refractivity contribution in [3.05, 3.63) is 47.4 Å². The van der Waals surface area contributed by atoms with Gasteiger partial charge in [-0.15, -0.1) is 0 Å². The summed E-state index contributed by atoms with van der Waals surface area (Å²) in [6.45, 7) is 5.06. The van der Waals surface area contributed by atoms with Gasteiger partial charge in [0.05, 0.1) is 18.7 Å². The molecule has 1 heterocycles. The molecular weight excluding hydrogens is 366 g/mol. The summed E-state index contributed by atoms with van der Waals surface area (Å²) in [7, 11) is 0. The van der Waals surface area contributed by atoms with E-state index in [4.69, 9.17) is 13.9 Å². The predicted molar refractivity (Wildman–Crippen MR) is 99.9 cm³/mol. The Labute approximate surface area is 162 Å². The van der Waals surface area contributed by atoms with Crippen LogP contribution >= 0.6 is 0 Å². The van der Waals surface area contributed by atoms with Crippen LogP contribution in [0.25, 0.3) is 0 Å². The van der Waals surface area contributed by atoms with Crippen molar-refractivity contribution in [3.8, 4) is 11.5 Å². The van der Waals surface area contributed by atoms with E-state index in [0.29, 0.717) is 35.2 Å². The molecule has 0 saturated heterocycles. The monoisotopic (exact) mass is 389 g/mol. The van der Waals surface area contributed by atoms with Gasteiger partial charge in [0.15, 0.2) is 18.1 Å². The van der Waals surface area contributed by atoms with Gasteiger partial charge in [0.2, 0.25) is 0 Å². The maximum absolute atomic E-state index is 12.0. The molecule has 3 amide bonds. The Morgan fingerprint density at radius 1 is 1.00 bits per heavy atom. The van der Waals surface area contributed by atoms with E-state index >= 15 is 0 Å². The third-order valence-corrected chi connectivity index (χ3v) is 3.54. The van der Waals surface area contributed by atoms with Crippen molar-refractivity contribution in [1.29, 1.82) is 0 Å². The molecule has 0 saturated carbocycles. The van der Waals surface area contributed by atoms with Crippen LogP contribution in [0.1, 0.15) is 28.8 Å². The molecular formula is C19H23N3O6. The summed E-state index contributed by atoms with van der Waals surface area (Å²) in [6, 6.07) is 8.53. The largest absolute Gasteiger partial charge is 0.490 e. The van der Waals surface area contributed by atoms with E-state index in [2.05, 4.69) is 16.2 Å². The highest BCUT2D eigenvalue weighted by Gasteiger charge is 2.14. The van der Waals surface area contributed by atoms with E-state index in [1.165, 1.54) is 0 Å². The van der Waals surface area contributed by atoms with Gasteiger partial charge in [0.1, 0.15) is 11.5 Å². The van der Waals surface area contributed by atoms with Crippen LogP contribution < -0.4 is 25.6 Å². The summed E-state index contributed by atoms with van der Waals surface area (Å²) >= 11 is 0. The Kier molecular flexibility index (Phi) is 7.44. The van der Waals surface area contributed by atoms with Crippen LogP contribution in [-0.4, -0.2) is 37.5 Å². The Hall–Kier alpha value is -3.49. The van der Waals surface area contributed by atoms with Crippen LogP contribution in [0.5, 0.6) is 11.5 Å². The second-order valence-electron chi connectivity index (χ2n) is 5.77. The molecule has 9 nitrogen and oxygen atoms in total. The van der Waals surface area contributed by atoms with Gasteiger partial charge in [-0.25, -0.2) is 0 Å². The number of hydrogen-bond acceptors (Lipinski definition) is 6. The fraction of sp³-hybridized carbons (Fsp3) is 0.316. The van der Waals surface area contributed by atoms with Crippen molar-refractivity contribution in [2.75, 3.05) is 19.8 Å². The van der Waals surface area contributed by atoms with Gasteiger partial charge in [-0.1, -0.05) is 12.1 Å². The van der Waals surface area contributed by atoms with E-state index < -0.39 is 17.7 Å². The van der Waals surface area contributed by atoms with Crippen LogP contribution in [0.2, 0.25) is 0 Å². The van der Waals surface area contributed by atoms with Gasteiger partial charge < -0.3 is 19.2 Å². The number of carbonyl (C=O) groups is 3. The highest BCUT2D eigenvalue weighted by atomic mass is 16.5. The highest BCUT2D eigenvalue weighted by molar-refractivity contribution is 5.97. The van der Waals surface area contributed by atoms with Crippen LogP contribution in [0.15, 0.2) is 34.7 Å². The minimum atomic E-state index is -0.589. The third kappa shape index (κ3) is 6.04. The Bertz CT molecular complexity index is 846. The molecule has 0 radical (unpaired) electrons. The standard InChI is InChI=1S/C19H23N3O6/c1-4-26-15-7-5-6-8-16(15)27-11-18(24)22-21-17(23)10-20-19(25)14-9-12(2)28-13(14)3/h5-9H,4,10-11H2,1-3H3,(H,20,25)(H,21,23)(H,22,24). The molecule has 0 aliphatic heterocycles. The molecule has 28 heavy (non-hydrogen) atoms. The lowest BCUT2D eigenvalue weighted by Gasteiger charge is -2.12. The molecule has 2 aromatic rings. The predicted octanol–water partition coefficient (Wildman–Crippen LogP) is 1.25. The van der Waals surface area contributed by atoms with E-state index in [1.54, 1.807) is 44.2 Å². The smallest absolute Gasteiger partial charge is 0.276 e. The van der Waals surface area contributed by atoms with Gasteiger partial charge in [0.25, 0.3) is 17.7 Å². The minimum Gasteiger partial charge on any atom is -0.490 e. The molecule has 3 N–H and O–H groups in total. The Morgan fingerprint density at radius 3 is 2.25 bits per heavy atom. The number of amides is 3. The Morgan fingerprint density at radius 2 is 1.64 bits per heavy atom. The zero-order valence-electron chi connectivity index (χ0n) is 16.0. The first-order valence-electron chi connectivity index (χ1n) is 8.68. The number of aryl methyl sites for hydroxylation is 2. The normalized spacial score (nSPS) is 10.1. The second kappa shape index (κ2) is 10.0. The van der Waals surface area contributed by atoms with Crippen LogP contribution in [0.4, 0.5) is 0 Å². The van der Waals surface area contributed by atoms with Gasteiger partial charge in [-0.3, -0.25) is 25.2 Å². The summed E-state index contributed by atoms with van der Waals surface area (Å²) in [6.07, 6.45) is 0. The SMILES string of the molecule is CCOc1ccccc1OCC(=O)NNC(=O)CNC(=O)c1cc(C)oc1C. The highest BCUT2D eigenvalue weighted by Crippen LogP contribution is 2.26. The van der Waals surface area contributed by atoms with Crippen molar-refractivity contribution in [1.82, 2.24) is 16.2 Å². The first kappa shape index (κ1) is 20.8. The maximum atomic E-state index is 12.0. The van der Waals surface area contributed by atoms with Crippen molar-refractivity contribution in [3.63, 3.8) is 0 Å². The minimum absolute atomic E-state index is 0.309. The van der Waals surface area contributed by atoms with E-state index in [1.807, 2.05) is 6.92 Å². The number of benzene rings is 1. The van der Waals surface area contributed by atoms with Gasteiger partial charge in [-0.05, 0) is 39.0 Å². The number of carbonyl (C=O) groups excluding carboxylic acids is 3. The fourth-order valence-corrected chi connectivity index (χ4v) is 2.32. The molecule has 1 aromatic carbocycles. The molecule has 9 heteroatoms. The van der Waals surface area contributed by atoms with Gasteiger partial charge in [-0.2, -0.15) is 0 Å². The van der Waals surface area contributed by atoms with E-state index in [0.717, 1.165) is 0 Å². The number of hydrazine groups is 1. The number of hydrogen-bond donors (Lipinski definition) is 3. The molecule has 1 aromatic heterocycles. The second-order valence-corrected chi connectivity index (χ2v) is 5.77. The number of ether oxygens (including phenoxy) is 2. The van der Waals surface area contributed by atoms with Crippen LogP contribution in [-0.2, 0) is 9.59 Å². The molecule has 0 aliphatic carbocycles. The first-order chi connectivity index (χ1) is 13.4. The summed E-state index contributed by atoms with van der Waals surface area (Å²) in [4.78, 5) is 35.6. The average molecular weight is 389 g/mol. The molecule has 2 rings (SSSR count). The molecule has 0 aliphatic rings. The quantitative estimate of drug-likeness (QED) is 0.585. The zero-order valence-corrected chi connectivity index (χ0v) is 16.0.